The molecule has 26 heavy (non-hydrogen) atoms. The average molecular weight is 353 g/mol. The Balaban J connectivity index is 1.66. The molecule has 0 spiro atoms. The highest BCUT2D eigenvalue weighted by atomic mass is 16.5. The van der Waals surface area contributed by atoms with Gasteiger partial charge in [-0.2, -0.15) is 0 Å². The molecule has 2 aromatic carbocycles. The van der Waals surface area contributed by atoms with Crippen molar-refractivity contribution < 1.29 is 19.4 Å². The first-order chi connectivity index (χ1) is 12.6. The number of ether oxygens (including phenoxy) is 1. The highest BCUT2D eigenvalue weighted by Gasteiger charge is 2.19. The molecule has 0 unspecified atom stereocenters. The van der Waals surface area contributed by atoms with Crippen molar-refractivity contribution in [3.63, 3.8) is 0 Å². The second-order valence-corrected chi connectivity index (χ2v) is 5.33. The van der Waals surface area contributed by atoms with E-state index in [1.165, 1.54) is 0 Å². The quantitative estimate of drug-likeness (QED) is 0.523. The molecule has 8 nitrogen and oxygen atoms in total. The number of rotatable bonds is 4. The van der Waals surface area contributed by atoms with Crippen LogP contribution in [-0.2, 0) is 4.79 Å². The number of carbonyl (C=O) groups excluding carboxylic acids is 2. The van der Waals surface area contributed by atoms with E-state index in [4.69, 9.17) is 4.74 Å². The number of hydrogen-bond acceptors (Lipinski definition) is 5. The van der Waals surface area contributed by atoms with Crippen LogP contribution in [0.25, 0.3) is 10.9 Å². The predicted octanol–water partition coefficient (Wildman–Crippen LogP) is 1.07. The molecule has 0 radical (unpaired) electrons. The SMILES string of the molecule is O=C(COc1ccccc1)NNC(=O)c1c(O)c2ccccc2[nH]c1=O. The van der Waals surface area contributed by atoms with Crippen LogP contribution in [0.4, 0.5) is 0 Å². The summed E-state index contributed by atoms with van der Waals surface area (Å²) in [6.07, 6.45) is 0. The molecule has 8 heteroatoms. The molecule has 0 saturated heterocycles. The second-order valence-electron chi connectivity index (χ2n) is 5.33. The van der Waals surface area contributed by atoms with E-state index in [0.717, 1.165) is 0 Å². The molecule has 0 aliphatic carbocycles. The number of amides is 2. The molecule has 0 saturated carbocycles. The molecule has 0 aliphatic heterocycles. The van der Waals surface area contributed by atoms with Crippen LogP contribution < -0.4 is 21.1 Å². The highest BCUT2D eigenvalue weighted by Crippen LogP contribution is 2.24. The number of nitrogens with one attached hydrogen (secondary N) is 3. The summed E-state index contributed by atoms with van der Waals surface area (Å²) in [7, 11) is 0. The molecule has 132 valence electrons. The van der Waals surface area contributed by atoms with Crippen LogP contribution in [0.3, 0.4) is 0 Å². The lowest BCUT2D eigenvalue weighted by molar-refractivity contribution is -0.123. The third-order valence-electron chi connectivity index (χ3n) is 3.55. The van der Waals surface area contributed by atoms with Crippen molar-refractivity contribution >= 4 is 22.7 Å². The molecular weight excluding hydrogens is 338 g/mol. The Bertz CT molecular complexity index is 1010. The summed E-state index contributed by atoms with van der Waals surface area (Å²) >= 11 is 0. The van der Waals surface area contributed by atoms with Crippen molar-refractivity contribution in [2.24, 2.45) is 0 Å². The maximum absolute atomic E-state index is 12.2. The topological polar surface area (TPSA) is 121 Å². The summed E-state index contributed by atoms with van der Waals surface area (Å²) < 4.78 is 5.23. The van der Waals surface area contributed by atoms with Gasteiger partial charge in [-0.25, -0.2) is 0 Å². The van der Waals surface area contributed by atoms with Crippen molar-refractivity contribution in [3.05, 3.63) is 70.5 Å². The van der Waals surface area contributed by atoms with Crippen LogP contribution in [0, 0.1) is 0 Å². The smallest absolute Gasteiger partial charge is 0.279 e. The zero-order chi connectivity index (χ0) is 18.5. The first-order valence-corrected chi connectivity index (χ1v) is 7.67. The first-order valence-electron chi connectivity index (χ1n) is 7.67. The van der Waals surface area contributed by atoms with Crippen molar-refractivity contribution in [3.8, 4) is 11.5 Å². The van der Waals surface area contributed by atoms with Gasteiger partial charge in [0.05, 0.1) is 5.52 Å². The third kappa shape index (κ3) is 3.64. The summed E-state index contributed by atoms with van der Waals surface area (Å²) in [5, 5.41) is 10.5. The van der Waals surface area contributed by atoms with Crippen LogP contribution in [-0.4, -0.2) is 28.5 Å². The van der Waals surface area contributed by atoms with Crippen LogP contribution >= 0.6 is 0 Å². The molecule has 0 atom stereocenters. The van der Waals surface area contributed by atoms with E-state index in [9.17, 15) is 19.5 Å². The van der Waals surface area contributed by atoms with Crippen molar-refractivity contribution in [2.45, 2.75) is 0 Å². The number of aromatic nitrogens is 1. The van der Waals surface area contributed by atoms with Gasteiger partial charge in [0.2, 0.25) is 0 Å². The maximum atomic E-state index is 12.2. The molecule has 1 heterocycles. The summed E-state index contributed by atoms with van der Waals surface area (Å²) in [5.41, 5.74) is 3.34. The Kier molecular flexibility index (Phi) is 4.84. The van der Waals surface area contributed by atoms with Crippen molar-refractivity contribution in [1.29, 1.82) is 0 Å². The Morgan fingerprint density at radius 1 is 1.00 bits per heavy atom. The Hall–Kier alpha value is -3.81. The lowest BCUT2D eigenvalue weighted by atomic mass is 10.1. The third-order valence-corrected chi connectivity index (χ3v) is 3.55. The summed E-state index contributed by atoms with van der Waals surface area (Å²) in [5.74, 6) is -1.53. The fourth-order valence-corrected chi connectivity index (χ4v) is 2.33. The lowest BCUT2D eigenvalue weighted by Gasteiger charge is -2.10. The van der Waals surface area contributed by atoms with E-state index in [1.807, 2.05) is 0 Å². The van der Waals surface area contributed by atoms with Crippen LogP contribution in [0.15, 0.2) is 59.4 Å². The van der Waals surface area contributed by atoms with E-state index in [0.29, 0.717) is 16.7 Å². The van der Waals surface area contributed by atoms with Gasteiger partial charge in [0.25, 0.3) is 17.4 Å². The number of hydrogen-bond donors (Lipinski definition) is 4. The summed E-state index contributed by atoms with van der Waals surface area (Å²) in [6.45, 7) is -0.329. The number of pyridine rings is 1. The standard InChI is InChI=1S/C18H15N3O5/c22-14(10-26-11-6-2-1-3-7-11)20-21-18(25)15-16(23)12-8-4-5-9-13(12)19-17(15)24/h1-9H,10H2,(H,20,22)(H,21,25)(H2,19,23,24). The van der Waals surface area contributed by atoms with Crippen LogP contribution in [0.1, 0.15) is 10.4 Å². The number of aromatic hydroxyl groups is 1. The average Bonchev–Trinajstić information content (AvgIpc) is 2.65. The van der Waals surface area contributed by atoms with E-state index < -0.39 is 28.7 Å². The van der Waals surface area contributed by atoms with Crippen LogP contribution in [0.5, 0.6) is 11.5 Å². The number of fused-ring (bicyclic) bond motifs is 1. The molecule has 3 aromatic rings. The van der Waals surface area contributed by atoms with Gasteiger partial charge in [-0.15, -0.1) is 0 Å². The number of hydrazine groups is 1. The summed E-state index contributed by atoms with van der Waals surface area (Å²) in [6, 6.07) is 15.2. The van der Waals surface area contributed by atoms with E-state index in [-0.39, 0.29) is 6.61 Å². The fraction of sp³-hybridized carbons (Fsp3) is 0.0556. The van der Waals surface area contributed by atoms with Gasteiger partial charge in [-0.1, -0.05) is 30.3 Å². The van der Waals surface area contributed by atoms with E-state index in [1.54, 1.807) is 54.6 Å². The Morgan fingerprint density at radius 2 is 1.69 bits per heavy atom. The van der Waals surface area contributed by atoms with Gasteiger partial charge in [0.15, 0.2) is 6.61 Å². The molecule has 3 rings (SSSR count). The number of carbonyl (C=O) groups is 2. The molecule has 0 fully saturated rings. The molecule has 2 amide bonds. The zero-order valence-electron chi connectivity index (χ0n) is 13.5. The molecular formula is C18H15N3O5. The molecule has 0 bridgehead atoms. The van der Waals surface area contributed by atoms with Gasteiger partial charge < -0.3 is 14.8 Å². The monoisotopic (exact) mass is 353 g/mol. The van der Waals surface area contributed by atoms with Gasteiger partial charge >= 0.3 is 0 Å². The second kappa shape index (κ2) is 7.39. The van der Waals surface area contributed by atoms with Crippen LogP contribution in [0.2, 0.25) is 0 Å². The van der Waals surface area contributed by atoms with Gasteiger partial charge in [-0.05, 0) is 24.3 Å². The predicted molar refractivity (Wildman–Crippen MR) is 93.8 cm³/mol. The maximum Gasteiger partial charge on any atom is 0.279 e. The minimum Gasteiger partial charge on any atom is -0.506 e. The largest absolute Gasteiger partial charge is 0.506 e. The molecule has 0 aliphatic rings. The highest BCUT2D eigenvalue weighted by molar-refractivity contribution is 6.02. The molecule has 1 aromatic heterocycles. The van der Waals surface area contributed by atoms with Crippen molar-refractivity contribution in [2.75, 3.05) is 6.61 Å². The Morgan fingerprint density at radius 3 is 2.46 bits per heavy atom. The van der Waals surface area contributed by atoms with Crippen molar-refractivity contribution in [1.82, 2.24) is 15.8 Å². The van der Waals surface area contributed by atoms with E-state index >= 15 is 0 Å². The number of aromatic amines is 1. The minimum atomic E-state index is -0.942. The number of para-hydroxylation sites is 2. The Labute approximate surface area is 147 Å². The van der Waals surface area contributed by atoms with E-state index in [2.05, 4.69) is 15.8 Å². The minimum absolute atomic E-state index is 0.316. The first kappa shape index (κ1) is 17.0. The van der Waals surface area contributed by atoms with Gasteiger partial charge in [0, 0.05) is 5.39 Å². The normalized spacial score (nSPS) is 10.3. The molecule has 4 N–H and O–H groups in total. The van der Waals surface area contributed by atoms with Gasteiger partial charge in [-0.3, -0.25) is 25.2 Å². The number of H-pyrrole nitrogens is 1. The summed E-state index contributed by atoms with van der Waals surface area (Å²) in [4.78, 5) is 38.4. The van der Waals surface area contributed by atoms with Gasteiger partial charge in [0.1, 0.15) is 17.1 Å². The zero-order valence-corrected chi connectivity index (χ0v) is 13.5. The number of benzene rings is 2. The fourth-order valence-electron chi connectivity index (χ4n) is 2.33. The lowest BCUT2D eigenvalue weighted by Crippen LogP contribution is -2.45.